The lowest BCUT2D eigenvalue weighted by atomic mass is 9.95. The van der Waals surface area contributed by atoms with Crippen LogP contribution in [0.4, 0.5) is 9.18 Å². The Labute approximate surface area is 153 Å². The Balaban J connectivity index is 1.41. The van der Waals surface area contributed by atoms with Gasteiger partial charge in [-0.15, -0.1) is 0 Å². The number of carbonyl (C=O) groups excluding carboxylic acids is 1. The van der Waals surface area contributed by atoms with Gasteiger partial charge in [0.2, 0.25) is 0 Å². The molecule has 2 aromatic carbocycles. The third-order valence-corrected chi connectivity index (χ3v) is 5.26. The van der Waals surface area contributed by atoms with Crippen LogP contribution in [0.5, 0.6) is 0 Å². The van der Waals surface area contributed by atoms with E-state index < -0.39 is 0 Å². The molecule has 1 fully saturated rings. The van der Waals surface area contributed by atoms with Crippen molar-refractivity contribution in [3.63, 3.8) is 0 Å². The zero-order valence-corrected chi connectivity index (χ0v) is 14.6. The third kappa shape index (κ3) is 3.50. The maximum Gasteiger partial charge on any atom is 0.410 e. The summed E-state index contributed by atoms with van der Waals surface area (Å²) in [7, 11) is 0. The van der Waals surface area contributed by atoms with E-state index in [2.05, 4.69) is 6.08 Å². The molecule has 134 valence electrons. The largest absolute Gasteiger partial charge is 0.445 e. The molecular weight excluding hydrogens is 329 g/mol. The van der Waals surface area contributed by atoms with Crippen LogP contribution in [0, 0.1) is 5.82 Å². The quantitative estimate of drug-likeness (QED) is 0.736. The first-order valence-electron chi connectivity index (χ1n) is 9.12. The molecule has 4 heteroatoms. The van der Waals surface area contributed by atoms with Gasteiger partial charge in [0.05, 0.1) is 6.04 Å². The summed E-state index contributed by atoms with van der Waals surface area (Å²) in [6.45, 7) is 0.293. The van der Waals surface area contributed by atoms with Crippen molar-refractivity contribution in [3.05, 3.63) is 83.2 Å². The Morgan fingerprint density at radius 1 is 1.08 bits per heavy atom. The van der Waals surface area contributed by atoms with Crippen molar-refractivity contribution in [2.24, 2.45) is 0 Å². The number of hydrogen-bond donors (Lipinski definition) is 0. The fraction of sp³-hybridized carbons (Fsp3) is 0.318. The van der Waals surface area contributed by atoms with Gasteiger partial charge in [0, 0.05) is 6.04 Å². The first-order valence-corrected chi connectivity index (χ1v) is 9.12. The third-order valence-electron chi connectivity index (χ3n) is 5.26. The molecule has 1 amide bonds. The summed E-state index contributed by atoms with van der Waals surface area (Å²) >= 11 is 0. The molecule has 2 unspecified atom stereocenters. The normalized spacial score (nSPS) is 21.4. The summed E-state index contributed by atoms with van der Waals surface area (Å²) in [6, 6.07) is 16.9. The van der Waals surface area contributed by atoms with Gasteiger partial charge in [-0.05, 0) is 42.9 Å². The maximum absolute atomic E-state index is 13.9. The number of halogens is 1. The lowest BCUT2D eigenvalue weighted by molar-refractivity contribution is 0.0815. The number of benzene rings is 2. The van der Waals surface area contributed by atoms with Crippen molar-refractivity contribution < 1.29 is 13.9 Å². The zero-order valence-electron chi connectivity index (χ0n) is 14.6. The van der Waals surface area contributed by atoms with Crippen LogP contribution in [-0.4, -0.2) is 23.1 Å². The number of fused-ring (bicyclic) bond motifs is 2. The van der Waals surface area contributed by atoms with Gasteiger partial charge in [-0.3, -0.25) is 4.90 Å². The standard InChI is InChI=1S/C22H22FNO2/c23-21-9-5-4-8-18(21)12-17-13-19-10-11-20(14-17)24(19)22(25)26-15-16-6-2-1-3-7-16/h1-9,13,19-20H,10-12,14-15H2. The molecular formula is C22H22FNO2. The van der Waals surface area contributed by atoms with E-state index in [1.807, 2.05) is 47.4 Å². The molecule has 0 aromatic heterocycles. The molecule has 2 atom stereocenters. The lowest BCUT2D eigenvalue weighted by Gasteiger charge is -2.33. The van der Waals surface area contributed by atoms with Crippen LogP contribution in [0.1, 0.15) is 30.4 Å². The van der Waals surface area contributed by atoms with Crippen molar-refractivity contribution in [1.82, 2.24) is 4.90 Å². The highest BCUT2D eigenvalue weighted by Crippen LogP contribution is 2.36. The van der Waals surface area contributed by atoms with Crippen LogP contribution in [0.15, 0.2) is 66.2 Å². The molecule has 2 aliphatic rings. The van der Waals surface area contributed by atoms with Gasteiger partial charge < -0.3 is 4.74 Å². The maximum atomic E-state index is 13.9. The Morgan fingerprint density at radius 2 is 1.85 bits per heavy atom. The summed E-state index contributed by atoms with van der Waals surface area (Å²) < 4.78 is 19.4. The number of rotatable bonds is 4. The average molecular weight is 351 g/mol. The fourth-order valence-corrected chi connectivity index (χ4v) is 4.01. The lowest BCUT2D eigenvalue weighted by Crippen LogP contribution is -2.43. The molecule has 4 rings (SSSR count). The summed E-state index contributed by atoms with van der Waals surface area (Å²) in [4.78, 5) is 14.4. The molecule has 2 bridgehead atoms. The topological polar surface area (TPSA) is 29.5 Å². The number of amides is 1. The molecule has 0 N–H and O–H groups in total. The van der Waals surface area contributed by atoms with Gasteiger partial charge >= 0.3 is 6.09 Å². The molecule has 3 nitrogen and oxygen atoms in total. The minimum atomic E-state index is -0.248. The summed E-state index contributed by atoms with van der Waals surface area (Å²) in [6.07, 6.45) is 5.23. The van der Waals surface area contributed by atoms with Gasteiger partial charge in [-0.2, -0.15) is 0 Å². The van der Waals surface area contributed by atoms with Crippen molar-refractivity contribution >= 4 is 6.09 Å². The molecule has 0 aliphatic carbocycles. The fourth-order valence-electron chi connectivity index (χ4n) is 4.01. The number of carbonyl (C=O) groups is 1. The molecule has 0 spiro atoms. The molecule has 26 heavy (non-hydrogen) atoms. The Hall–Kier alpha value is -2.62. The second-order valence-electron chi connectivity index (χ2n) is 7.04. The first-order chi connectivity index (χ1) is 12.7. The highest BCUT2D eigenvalue weighted by molar-refractivity contribution is 5.70. The summed E-state index contributed by atoms with van der Waals surface area (Å²) in [5.41, 5.74) is 2.92. The van der Waals surface area contributed by atoms with Crippen LogP contribution in [0.3, 0.4) is 0 Å². The Morgan fingerprint density at radius 3 is 2.62 bits per heavy atom. The minimum absolute atomic E-state index is 0.0683. The van der Waals surface area contributed by atoms with E-state index in [0.717, 1.165) is 30.4 Å². The van der Waals surface area contributed by atoms with Crippen molar-refractivity contribution in [2.45, 2.75) is 44.4 Å². The van der Waals surface area contributed by atoms with E-state index in [4.69, 9.17) is 4.74 Å². The SMILES string of the molecule is O=C(OCc1ccccc1)N1C2C=C(Cc3ccccc3F)CC1CC2. The average Bonchev–Trinajstić information content (AvgIpc) is 2.93. The van der Waals surface area contributed by atoms with E-state index >= 15 is 0 Å². The van der Waals surface area contributed by atoms with Crippen LogP contribution >= 0.6 is 0 Å². The molecule has 2 heterocycles. The van der Waals surface area contributed by atoms with Crippen LogP contribution < -0.4 is 0 Å². The molecule has 0 saturated carbocycles. The molecule has 2 aromatic rings. The molecule has 2 aliphatic heterocycles. The summed E-state index contributed by atoms with van der Waals surface area (Å²) in [5, 5.41) is 0. The zero-order chi connectivity index (χ0) is 17.9. The van der Waals surface area contributed by atoms with Crippen molar-refractivity contribution in [2.75, 3.05) is 0 Å². The smallest absolute Gasteiger partial charge is 0.410 e. The molecule has 1 saturated heterocycles. The van der Waals surface area contributed by atoms with Crippen LogP contribution in [0.25, 0.3) is 0 Å². The van der Waals surface area contributed by atoms with E-state index in [1.54, 1.807) is 6.07 Å². The van der Waals surface area contributed by atoms with Gasteiger partial charge in [-0.1, -0.05) is 60.2 Å². The predicted octanol–water partition coefficient (Wildman–Crippen LogP) is 4.87. The van der Waals surface area contributed by atoms with Gasteiger partial charge in [0.1, 0.15) is 12.4 Å². The van der Waals surface area contributed by atoms with Crippen molar-refractivity contribution in [3.8, 4) is 0 Å². The second-order valence-corrected chi connectivity index (χ2v) is 7.04. The van der Waals surface area contributed by atoms with E-state index in [-0.39, 0.29) is 24.0 Å². The second kappa shape index (κ2) is 7.32. The highest BCUT2D eigenvalue weighted by atomic mass is 19.1. The predicted molar refractivity (Wildman–Crippen MR) is 98.1 cm³/mol. The van der Waals surface area contributed by atoms with E-state index in [9.17, 15) is 9.18 Å². The molecule has 0 radical (unpaired) electrons. The van der Waals surface area contributed by atoms with E-state index in [0.29, 0.717) is 13.0 Å². The number of ether oxygens (including phenoxy) is 1. The van der Waals surface area contributed by atoms with Gasteiger partial charge in [0.25, 0.3) is 0 Å². The summed E-state index contributed by atoms with van der Waals surface area (Å²) in [5.74, 6) is -0.162. The van der Waals surface area contributed by atoms with Crippen LogP contribution in [0.2, 0.25) is 0 Å². The first kappa shape index (κ1) is 16.8. The Kier molecular flexibility index (Phi) is 4.74. The Bertz CT molecular complexity index is 818. The van der Waals surface area contributed by atoms with Gasteiger partial charge in [0.15, 0.2) is 0 Å². The minimum Gasteiger partial charge on any atom is -0.445 e. The van der Waals surface area contributed by atoms with Crippen molar-refractivity contribution in [1.29, 1.82) is 0 Å². The monoisotopic (exact) mass is 351 g/mol. The number of hydrogen-bond acceptors (Lipinski definition) is 2. The van der Waals surface area contributed by atoms with Crippen LogP contribution in [-0.2, 0) is 17.8 Å². The highest BCUT2D eigenvalue weighted by Gasteiger charge is 2.40. The van der Waals surface area contributed by atoms with Gasteiger partial charge in [-0.25, -0.2) is 9.18 Å². The van der Waals surface area contributed by atoms with E-state index in [1.165, 1.54) is 11.6 Å². The number of nitrogens with zero attached hydrogens (tertiary/aromatic N) is 1.